The first kappa shape index (κ1) is 33.9. The molecule has 2 unspecified atom stereocenters. The van der Waals surface area contributed by atoms with Gasteiger partial charge in [0, 0.05) is 54.7 Å². The predicted octanol–water partition coefficient (Wildman–Crippen LogP) is 14.8. The van der Waals surface area contributed by atoms with Crippen LogP contribution in [0.4, 0.5) is 17.1 Å². The SMILES string of the molecule is C1=CC2Sc3cc(N(c4ccc5ccccc5c4)c4ccc(-c5nc(-c6cccc(-c7ccccc7)c6)c6ccccc6n5)c5c4oc4ccccc45)ccc3C2C=C1. The summed E-state index contributed by atoms with van der Waals surface area (Å²) in [5.41, 5.74) is 12.1. The quantitative estimate of drug-likeness (QED) is 0.168. The van der Waals surface area contributed by atoms with E-state index in [4.69, 9.17) is 14.4 Å². The molecular formula is C54H35N3OS. The van der Waals surface area contributed by atoms with Gasteiger partial charge in [0.25, 0.3) is 0 Å². The predicted molar refractivity (Wildman–Crippen MR) is 246 cm³/mol. The molecule has 59 heavy (non-hydrogen) atoms. The van der Waals surface area contributed by atoms with Gasteiger partial charge >= 0.3 is 0 Å². The summed E-state index contributed by atoms with van der Waals surface area (Å²) in [5, 5.41) is 5.81. The Bertz CT molecular complexity index is 3350. The molecule has 0 bridgehead atoms. The molecule has 0 radical (unpaired) electrons. The normalized spacial score (nSPS) is 15.6. The largest absolute Gasteiger partial charge is 0.454 e. The fourth-order valence-electron chi connectivity index (χ4n) is 8.98. The van der Waals surface area contributed by atoms with E-state index in [2.05, 4.69) is 193 Å². The topological polar surface area (TPSA) is 42.2 Å². The average molecular weight is 774 g/mol. The lowest BCUT2D eigenvalue weighted by Crippen LogP contribution is -2.11. The zero-order chi connectivity index (χ0) is 38.9. The van der Waals surface area contributed by atoms with Gasteiger partial charge in [-0.2, -0.15) is 0 Å². The molecule has 1 aliphatic carbocycles. The standard InChI is InChI=1S/C54H35N3OS/c1-2-13-34(14-3-1)36-17-12-18-38(31-36)52-43-20-6-9-22-46(43)55-54(56-52)45-29-30-47(53-51(45)44-21-7-10-23-48(44)58-53)57(39-26-25-35-15-4-5-16-37(35)32-39)40-27-28-42-41-19-8-11-24-49(41)59-50(42)33-40/h1-33,41,49H. The number of fused-ring (bicyclic) bond motifs is 8. The molecule has 2 atom stereocenters. The van der Waals surface area contributed by atoms with Crippen LogP contribution in [-0.2, 0) is 0 Å². The van der Waals surface area contributed by atoms with E-state index >= 15 is 0 Å². The minimum atomic E-state index is 0.386. The van der Waals surface area contributed by atoms with Crippen molar-refractivity contribution in [2.24, 2.45) is 0 Å². The first-order chi connectivity index (χ1) is 29.2. The highest BCUT2D eigenvalue weighted by Crippen LogP contribution is 2.52. The van der Waals surface area contributed by atoms with Gasteiger partial charge in [-0.3, -0.25) is 0 Å². The fourth-order valence-corrected chi connectivity index (χ4v) is 10.4. The minimum absolute atomic E-state index is 0.386. The third-order valence-electron chi connectivity index (χ3n) is 11.8. The molecule has 278 valence electrons. The maximum absolute atomic E-state index is 6.97. The highest BCUT2D eigenvalue weighted by Gasteiger charge is 2.32. The van der Waals surface area contributed by atoms with Crippen molar-refractivity contribution < 1.29 is 4.42 Å². The smallest absolute Gasteiger partial charge is 0.161 e. The molecule has 2 aliphatic rings. The van der Waals surface area contributed by atoms with Crippen LogP contribution in [0.2, 0.25) is 0 Å². The molecule has 0 saturated heterocycles. The summed E-state index contributed by atoms with van der Waals surface area (Å²) >= 11 is 1.95. The number of hydrogen-bond donors (Lipinski definition) is 0. The van der Waals surface area contributed by atoms with E-state index in [9.17, 15) is 0 Å². The maximum atomic E-state index is 6.97. The summed E-state index contributed by atoms with van der Waals surface area (Å²) in [6.07, 6.45) is 9.01. The Morgan fingerprint density at radius 3 is 2.22 bits per heavy atom. The lowest BCUT2D eigenvalue weighted by atomic mass is 9.92. The Labute approximate surface area is 345 Å². The van der Waals surface area contributed by atoms with Crippen LogP contribution >= 0.6 is 11.8 Å². The van der Waals surface area contributed by atoms with E-state index in [0.29, 0.717) is 17.0 Å². The van der Waals surface area contributed by atoms with Gasteiger partial charge in [-0.15, -0.1) is 11.8 Å². The van der Waals surface area contributed by atoms with Gasteiger partial charge in [-0.05, 0) is 82.1 Å². The fraction of sp³-hybridized carbons (Fsp3) is 0.0370. The number of nitrogens with zero attached hydrogens (tertiary/aromatic N) is 3. The van der Waals surface area contributed by atoms with E-state index in [-0.39, 0.29) is 0 Å². The van der Waals surface area contributed by atoms with Gasteiger partial charge in [0.2, 0.25) is 0 Å². The molecule has 0 amide bonds. The number of thioether (sulfide) groups is 1. The van der Waals surface area contributed by atoms with Crippen molar-refractivity contribution in [2.45, 2.75) is 16.1 Å². The Morgan fingerprint density at radius 1 is 0.542 bits per heavy atom. The first-order valence-electron chi connectivity index (χ1n) is 20.1. The van der Waals surface area contributed by atoms with Crippen LogP contribution in [0, 0.1) is 0 Å². The molecule has 8 aromatic carbocycles. The summed E-state index contributed by atoms with van der Waals surface area (Å²) < 4.78 is 6.97. The highest BCUT2D eigenvalue weighted by molar-refractivity contribution is 8.00. The van der Waals surface area contributed by atoms with Crippen molar-refractivity contribution in [3.8, 4) is 33.8 Å². The van der Waals surface area contributed by atoms with Gasteiger partial charge in [0.05, 0.1) is 16.9 Å². The van der Waals surface area contributed by atoms with Gasteiger partial charge in [-0.1, -0.05) is 146 Å². The minimum Gasteiger partial charge on any atom is -0.454 e. The van der Waals surface area contributed by atoms with Crippen LogP contribution < -0.4 is 4.90 Å². The van der Waals surface area contributed by atoms with Crippen molar-refractivity contribution in [1.82, 2.24) is 9.97 Å². The molecular weight excluding hydrogens is 739 g/mol. The van der Waals surface area contributed by atoms with Crippen LogP contribution in [-0.4, -0.2) is 15.2 Å². The number of furan rings is 1. The monoisotopic (exact) mass is 773 g/mol. The summed E-state index contributed by atoms with van der Waals surface area (Å²) in [6, 6.07) is 62.4. The van der Waals surface area contributed by atoms with Crippen molar-refractivity contribution in [1.29, 1.82) is 0 Å². The lowest BCUT2D eigenvalue weighted by Gasteiger charge is -2.27. The van der Waals surface area contributed by atoms with Crippen molar-refractivity contribution >= 4 is 72.4 Å². The molecule has 0 saturated carbocycles. The number of anilines is 3. The number of benzene rings is 8. The Balaban J connectivity index is 1.08. The van der Waals surface area contributed by atoms with Crippen LogP contribution in [0.5, 0.6) is 0 Å². The molecule has 4 nitrogen and oxygen atoms in total. The van der Waals surface area contributed by atoms with Crippen molar-refractivity contribution in [3.63, 3.8) is 0 Å². The second kappa shape index (κ2) is 13.7. The molecule has 3 heterocycles. The second-order valence-electron chi connectivity index (χ2n) is 15.3. The lowest BCUT2D eigenvalue weighted by molar-refractivity contribution is 0.669. The molecule has 0 spiro atoms. The summed E-state index contributed by atoms with van der Waals surface area (Å²) in [7, 11) is 0. The van der Waals surface area contributed by atoms with Crippen LogP contribution in [0.25, 0.3) is 77.4 Å². The van der Waals surface area contributed by atoms with Crippen molar-refractivity contribution in [3.05, 3.63) is 206 Å². The molecule has 0 fully saturated rings. The number of hydrogen-bond acceptors (Lipinski definition) is 5. The summed E-state index contributed by atoms with van der Waals surface area (Å²) in [5.74, 6) is 1.04. The molecule has 0 N–H and O–H groups in total. The van der Waals surface area contributed by atoms with Gasteiger partial charge in [0.1, 0.15) is 5.58 Å². The third-order valence-corrected chi connectivity index (χ3v) is 13.1. The Hall–Kier alpha value is -7.21. The molecule has 12 rings (SSSR count). The number of allylic oxidation sites excluding steroid dienone is 3. The van der Waals surface area contributed by atoms with Gasteiger partial charge in [-0.25, -0.2) is 9.97 Å². The van der Waals surface area contributed by atoms with Crippen molar-refractivity contribution in [2.75, 3.05) is 4.90 Å². The van der Waals surface area contributed by atoms with E-state index in [1.165, 1.54) is 26.8 Å². The van der Waals surface area contributed by atoms with Crippen LogP contribution in [0.1, 0.15) is 11.5 Å². The Morgan fingerprint density at radius 2 is 1.29 bits per heavy atom. The van der Waals surface area contributed by atoms with Gasteiger partial charge < -0.3 is 9.32 Å². The van der Waals surface area contributed by atoms with E-state index < -0.39 is 0 Å². The molecule has 2 aromatic heterocycles. The number of rotatable bonds is 6. The highest BCUT2D eigenvalue weighted by atomic mass is 32.2. The zero-order valence-electron chi connectivity index (χ0n) is 31.9. The number of aromatic nitrogens is 2. The second-order valence-corrected chi connectivity index (χ2v) is 16.5. The van der Waals surface area contributed by atoms with E-state index in [0.717, 1.165) is 72.3 Å². The Kier molecular flexibility index (Phi) is 7.88. The maximum Gasteiger partial charge on any atom is 0.161 e. The van der Waals surface area contributed by atoms with E-state index in [1.54, 1.807) is 0 Å². The third kappa shape index (κ3) is 5.69. The van der Waals surface area contributed by atoms with Crippen LogP contribution in [0.3, 0.4) is 0 Å². The average Bonchev–Trinajstić information content (AvgIpc) is 3.88. The molecule has 1 aliphatic heterocycles. The summed E-state index contributed by atoms with van der Waals surface area (Å²) in [6.45, 7) is 0. The molecule has 10 aromatic rings. The number of para-hydroxylation sites is 2. The van der Waals surface area contributed by atoms with Crippen LogP contribution in [0.15, 0.2) is 210 Å². The van der Waals surface area contributed by atoms with E-state index in [1.807, 2.05) is 23.9 Å². The first-order valence-corrected chi connectivity index (χ1v) is 20.9. The zero-order valence-corrected chi connectivity index (χ0v) is 32.7. The molecule has 5 heteroatoms. The van der Waals surface area contributed by atoms with Gasteiger partial charge in [0.15, 0.2) is 11.4 Å². The summed E-state index contributed by atoms with van der Waals surface area (Å²) in [4.78, 5) is 14.4.